The van der Waals surface area contributed by atoms with Crippen LogP contribution in [0.5, 0.6) is 0 Å². The fourth-order valence-corrected chi connectivity index (χ4v) is 2.34. The molecule has 0 aromatic carbocycles. The Balaban J connectivity index is 2.07. The van der Waals surface area contributed by atoms with Crippen LogP contribution in [0, 0.1) is 5.92 Å². The number of rotatable bonds is 7. The lowest BCUT2D eigenvalue weighted by molar-refractivity contribution is 0.117. The minimum atomic E-state index is 0.850. The summed E-state index contributed by atoms with van der Waals surface area (Å²) in [7, 11) is 2.05. The zero-order valence-corrected chi connectivity index (χ0v) is 10.3. The normalized spacial score (nSPS) is 23.2. The lowest BCUT2D eigenvalue weighted by Gasteiger charge is -2.32. The van der Waals surface area contributed by atoms with Crippen LogP contribution in [0.1, 0.15) is 26.2 Å². The first-order chi connectivity index (χ1) is 7.36. The van der Waals surface area contributed by atoms with Crippen molar-refractivity contribution in [2.75, 3.05) is 46.4 Å². The molecule has 1 heterocycles. The van der Waals surface area contributed by atoms with Gasteiger partial charge in [0.25, 0.3) is 0 Å². The van der Waals surface area contributed by atoms with Gasteiger partial charge in [-0.15, -0.1) is 0 Å². The zero-order valence-electron chi connectivity index (χ0n) is 10.3. The molecule has 1 saturated heterocycles. The molecular formula is C12H26N2O. The monoisotopic (exact) mass is 214 g/mol. The van der Waals surface area contributed by atoms with Gasteiger partial charge in [-0.05, 0) is 52.2 Å². The summed E-state index contributed by atoms with van der Waals surface area (Å²) in [6.45, 7) is 8.76. The second kappa shape index (κ2) is 8.08. The van der Waals surface area contributed by atoms with Crippen molar-refractivity contribution in [3.63, 3.8) is 0 Å². The molecule has 15 heavy (non-hydrogen) atoms. The molecule has 0 radical (unpaired) electrons. The van der Waals surface area contributed by atoms with Crippen LogP contribution in [-0.4, -0.2) is 51.3 Å². The predicted octanol–water partition coefficient (Wildman–Crippen LogP) is 1.34. The molecule has 3 nitrogen and oxygen atoms in total. The average Bonchev–Trinajstić information content (AvgIpc) is 2.26. The maximum absolute atomic E-state index is 5.36. The SMILES string of the molecule is CCOCCCN1CCCC(CNC)C1. The second-order valence-electron chi connectivity index (χ2n) is 4.42. The van der Waals surface area contributed by atoms with Gasteiger partial charge in [-0.1, -0.05) is 0 Å². The highest BCUT2D eigenvalue weighted by molar-refractivity contribution is 4.73. The van der Waals surface area contributed by atoms with E-state index in [9.17, 15) is 0 Å². The van der Waals surface area contributed by atoms with Crippen molar-refractivity contribution >= 4 is 0 Å². The largest absolute Gasteiger partial charge is 0.382 e. The number of nitrogens with one attached hydrogen (secondary N) is 1. The topological polar surface area (TPSA) is 24.5 Å². The van der Waals surface area contributed by atoms with E-state index in [2.05, 4.69) is 17.1 Å². The molecule has 1 unspecified atom stereocenters. The van der Waals surface area contributed by atoms with E-state index in [0.29, 0.717) is 0 Å². The highest BCUT2D eigenvalue weighted by Gasteiger charge is 2.18. The average molecular weight is 214 g/mol. The van der Waals surface area contributed by atoms with Gasteiger partial charge >= 0.3 is 0 Å². The first-order valence-corrected chi connectivity index (χ1v) is 6.31. The Morgan fingerprint density at radius 2 is 2.33 bits per heavy atom. The van der Waals surface area contributed by atoms with Crippen LogP contribution in [0.25, 0.3) is 0 Å². The lowest BCUT2D eigenvalue weighted by Crippen LogP contribution is -2.39. The summed E-state index contributed by atoms with van der Waals surface area (Å²) in [5, 5.41) is 3.28. The van der Waals surface area contributed by atoms with Gasteiger partial charge in [0.2, 0.25) is 0 Å². The predicted molar refractivity (Wildman–Crippen MR) is 64.2 cm³/mol. The fourth-order valence-electron chi connectivity index (χ4n) is 2.34. The Hall–Kier alpha value is -0.120. The molecule has 1 aliphatic heterocycles. The Bertz CT molecular complexity index is 151. The Morgan fingerprint density at radius 3 is 3.07 bits per heavy atom. The van der Waals surface area contributed by atoms with E-state index < -0.39 is 0 Å². The lowest BCUT2D eigenvalue weighted by atomic mass is 9.98. The van der Waals surface area contributed by atoms with Crippen LogP contribution >= 0.6 is 0 Å². The van der Waals surface area contributed by atoms with Gasteiger partial charge in [0.1, 0.15) is 0 Å². The number of nitrogens with zero attached hydrogens (tertiary/aromatic N) is 1. The first kappa shape index (κ1) is 12.9. The number of piperidine rings is 1. The third kappa shape index (κ3) is 5.50. The molecular weight excluding hydrogens is 188 g/mol. The van der Waals surface area contributed by atoms with E-state index in [-0.39, 0.29) is 0 Å². The van der Waals surface area contributed by atoms with Crippen molar-refractivity contribution in [2.45, 2.75) is 26.2 Å². The van der Waals surface area contributed by atoms with Crippen LogP contribution in [0.4, 0.5) is 0 Å². The molecule has 1 rings (SSSR count). The molecule has 1 N–H and O–H groups in total. The highest BCUT2D eigenvalue weighted by atomic mass is 16.5. The molecule has 1 atom stereocenters. The van der Waals surface area contributed by atoms with Gasteiger partial charge in [0.15, 0.2) is 0 Å². The molecule has 3 heteroatoms. The van der Waals surface area contributed by atoms with Crippen molar-refractivity contribution in [3.8, 4) is 0 Å². The summed E-state index contributed by atoms with van der Waals surface area (Å²) >= 11 is 0. The Morgan fingerprint density at radius 1 is 1.47 bits per heavy atom. The summed E-state index contributed by atoms with van der Waals surface area (Å²) in [4.78, 5) is 2.59. The second-order valence-corrected chi connectivity index (χ2v) is 4.42. The molecule has 0 bridgehead atoms. The van der Waals surface area contributed by atoms with Gasteiger partial charge in [-0.25, -0.2) is 0 Å². The maximum atomic E-state index is 5.36. The molecule has 0 aliphatic carbocycles. The van der Waals surface area contributed by atoms with Gasteiger partial charge in [0.05, 0.1) is 0 Å². The number of ether oxygens (including phenoxy) is 1. The molecule has 90 valence electrons. The summed E-state index contributed by atoms with van der Waals surface area (Å²) in [6.07, 6.45) is 3.93. The third-order valence-electron chi connectivity index (χ3n) is 3.06. The minimum Gasteiger partial charge on any atom is -0.382 e. The van der Waals surface area contributed by atoms with Crippen molar-refractivity contribution in [1.29, 1.82) is 0 Å². The van der Waals surface area contributed by atoms with Gasteiger partial charge < -0.3 is 15.0 Å². The number of hydrogen-bond acceptors (Lipinski definition) is 3. The summed E-state index contributed by atoms with van der Waals surface area (Å²) in [5.74, 6) is 0.857. The van der Waals surface area contributed by atoms with E-state index in [1.54, 1.807) is 0 Å². The van der Waals surface area contributed by atoms with Crippen LogP contribution in [0.2, 0.25) is 0 Å². The van der Waals surface area contributed by atoms with Gasteiger partial charge in [-0.2, -0.15) is 0 Å². The fraction of sp³-hybridized carbons (Fsp3) is 1.00. The summed E-state index contributed by atoms with van der Waals surface area (Å²) in [6, 6.07) is 0. The molecule has 0 aromatic rings. The van der Waals surface area contributed by atoms with Crippen LogP contribution < -0.4 is 5.32 Å². The van der Waals surface area contributed by atoms with E-state index in [0.717, 1.165) is 19.1 Å². The van der Waals surface area contributed by atoms with Crippen LogP contribution in [0.3, 0.4) is 0 Å². The molecule has 0 aromatic heterocycles. The summed E-state index contributed by atoms with van der Waals surface area (Å²) < 4.78 is 5.36. The van der Waals surface area contributed by atoms with Crippen LogP contribution in [0.15, 0.2) is 0 Å². The Kier molecular flexibility index (Phi) is 6.98. The summed E-state index contributed by atoms with van der Waals surface area (Å²) in [5.41, 5.74) is 0. The molecule has 1 fully saturated rings. The number of likely N-dealkylation sites (tertiary alicyclic amines) is 1. The van der Waals surface area contributed by atoms with Gasteiger partial charge in [0, 0.05) is 26.3 Å². The minimum absolute atomic E-state index is 0.850. The van der Waals surface area contributed by atoms with E-state index in [1.165, 1.54) is 45.4 Å². The first-order valence-electron chi connectivity index (χ1n) is 6.31. The van der Waals surface area contributed by atoms with Crippen LogP contribution in [-0.2, 0) is 4.74 Å². The molecule has 0 saturated carbocycles. The Labute approximate surface area is 94.2 Å². The van der Waals surface area contributed by atoms with Crippen molar-refractivity contribution in [1.82, 2.24) is 10.2 Å². The molecule has 0 amide bonds. The van der Waals surface area contributed by atoms with Crippen molar-refractivity contribution in [2.24, 2.45) is 5.92 Å². The van der Waals surface area contributed by atoms with Crippen molar-refractivity contribution < 1.29 is 4.74 Å². The maximum Gasteiger partial charge on any atom is 0.0478 e. The molecule has 0 spiro atoms. The standard InChI is InChI=1S/C12H26N2O/c1-3-15-9-5-8-14-7-4-6-12(11-14)10-13-2/h12-13H,3-11H2,1-2H3. The van der Waals surface area contributed by atoms with Gasteiger partial charge in [-0.3, -0.25) is 0 Å². The highest BCUT2D eigenvalue weighted by Crippen LogP contribution is 2.15. The van der Waals surface area contributed by atoms with E-state index in [4.69, 9.17) is 4.74 Å². The van der Waals surface area contributed by atoms with Crippen molar-refractivity contribution in [3.05, 3.63) is 0 Å². The third-order valence-corrected chi connectivity index (χ3v) is 3.06. The smallest absolute Gasteiger partial charge is 0.0478 e. The van der Waals surface area contributed by atoms with E-state index in [1.807, 2.05) is 7.05 Å². The quantitative estimate of drug-likeness (QED) is 0.647. The zero-order chi connectivity index (χ0) is 10.9. The molecule has 1 aliphatic rings. The van der Waals surface area contributed by atoms with E-state index >= 15 is 0 Å². The number of hydrogen-bond donors (Lipinski definition) is 1.